The number of nitrogens with zero attached hydrogens (tertiary/aromatic N) is 1. The molecule has 0 radical (unpaired) electrons. The third kappa shape index (κ3) is 5.89. The van der Waals surface area contributed by atoms with Gasteiger partial charge in [0.15, 0.2) is 11.5 Å². The predicted molar refractivity (Wildman–Crippen MR) is 118 cm³/mol. The van der Waals surface area contributed by atoms with Crippen molar-refractivity contribution in [3.63, 3.8) is 0 Å². The highest BCUT2D eigenvalue weighted by atomic mass is 32.2. The van der Waals surface area contributed by atoms with E-state index in [-0.39, 0.29) is 17.3 Å². The van der Waals surface area contributed by atoms with Gasteiger partial charge in [-0.15, -0.1) is 0 Å². The Morgan fingerprint density at radius 1 is 0.935 bits per heavy atom. The molecule has 0 heterocycles. The van der Waals surface area contributed by atoms with Crippen molar-refractivity contribution in [2.24, 2.45) is 0 Å². The second-order valence-electron chi connectivity index (χ2n) is 6.68. The first-order chi connectivity index (χ1) is 14.8. The molecule has 0 bridgehead atoms. The molecular formula is C22H30N2O6S. The highest BCUT2D eigenvalue weighted by Crippen LogP contribution is 2.39. The summed E-state index contributed by atoms with van der Waals surface area (Å²) in [4.78, 5) is 13.0. The molecule has 0 aliphatic carbocycles. The van der Waals surface area contributed by atoms with Gasteiger partial charge in [-0.3, -0.25) is 4.79 Å². The molecule has 9 heteroatoms. The van der Waals surface area contributed by atoms with Gasteiger partial charge in [0.25, 0.3) is 5.91 Å². The molecule has 2 aromatic rings. The van der Waals surface area contributed by atoms with Gasteiger partial charge in [0.1, 0.15) is 0 Å². The number of hydrogen-bond donors (Lipinski definition) is 1. The minimum Gasteiger partial charge on any atom is -0.490 e. The first kappa shape index (κ1) is 24.5. The summed E-state index contributed by atoms with van der Waals surface area (Å²) in [5.41, 5.74) is 0.814. The standard InChI is InChI=1S/C22H30N2O6S/c1-6-28-18-13-17(14-19(29-7-2)21(18)30-8-3)22(25)23-15-16-11-9-10-12-20(16)31(26,27)24(4)5/h9-14H,6-8,15H2,1-5H3,(H,23,25). The van der Waals surface area contributed by atoms with Crippen LogP contribution in [0.3, 0.4) is 0 Å². The molecule has 31 heavy (non-hydrogen) atoms. The number of carbonyl (C=O) groups is 1. The van der Waals surface area contributed by atoms with Gasteiger partial charge < -0.3 is 19.5 Å². The van der Waals surface area contributed by atoms with Gasteiger partial charge in [-0.2, -0.15) is 0 Å². The smallest absolute Gasteiger partial charge is 0.251 e. The van der Waals surface area contributed by atoms with Crippen LogP contribution in [0.25, 0.3) is 0 Å². The third-order valence-corrected chi connectivity index (χ3v) is 6.26. The number of amides is 1. The van der Waals surface area contributed by atoms with Crippen molar-refractivity contribution < 1.29 is 27.4 Å². The van der Waals surface area contributed by atoms with Gasteiger partial charge in [-0.25, -0.2) is 12.7 Å². The van der Waals surface area contributed by atoms with Crippen LogP contribution in [0.2, 0.25) is 0 Å². The number of ether oxygens (including phenoxy) is 3. The zero-order chi connectivity index (χ0) is 23.0. The van der Waals surface area contributed by atoms with E-state index in [2.05, 4.69) is 5.32 Å². The quantitative estimate of drug-likeness (QED) is 0.566. The molecule has 0 saturated carbocycles. The molecule has 1 amide bonds. The summed E-state index contributed by atoms with van der Waals surface area (Å²) in [5.74, 6) is 0.888. The minimum absolute atomic E-state index is 0.0449. The average molecular weight is 451 g/mol. The van der Waals surface area contributed by atoms with E-state index in [1.807, 2.05) is 20.8 Å². The number of nitrogens with one attached hydrogen (secondary N) is 1. The minimum atomic E-state index is -3.63. The van der Waals surface area contributed by atoms with Gasteiger partial charge >= 0.3 is 0 Å². The Kier molecular flexibility index (Phi) is 8.70. The van der Waals surface area contributed by atoms with E-state index in [0.29, 0.717) is 48.2 Å². The Morgan fingerprint density at radius 2 is 1.48 bits per heavy atom. The summed E-state index contributed by atoms with van der Waals surface area (Å²) in [5, 5.41) is 2.78. The highest BCUT2D eigenvalue weighted by Gasteiger charge is 2.22. The van der Waals surface area contributed by atoms with Crippen LogP contribution in [-0.4, -0.2) is 52.5 Å². The van der Waals surface area contributed by atoms with Crippen LogP contribution in [0.4, 0.5) is 0 Å². The van der Waals surface area contributed by atoms with Crippen molar-refractivity contribution in [1.29, 1.82) is 0 Å². The Hall–Kier alpha value is -2.78. The Balaban J connectivity index is 2.33. The first-order valence-electron chi connectivity index (χ1n) is 10.1. The number of carbonyl (C=O) groups excluding carboxylic acids is 1. The molecule has 0 atom stereocenters. The van der Waals surface area contributed by atoms with Crippen molar-refractivity contribution >= 4 is 15.9 Å². The molecule has 0 fully saturated rings. The fourth-order valence-corrected chi connectivity index (χ4v) is 4.01. The van der Waals surface area contributed by atoms with Crippen molar-refractivity contribution in [2.45, 2.75) is 32.2 Å². The van der Waals surface area contributed by atoms with Gasteiger partial charge in [-0.05, 0) is 44.5 Å². The van der Waals surface area contributed by atoms with E-state index < -0.39 is 10.0 Å². The maximum atomic E-state index is 12.9. The zero-order valence-electron chi connectivity index (χ0n) is 18.6. The van der Waals surface area contributed by atoms with Crippen molar-refractivity contribution in [1.82, 2.24) is 9.62 Å². The number of sulfonamides is 1. The molecule has 0 unspecified atom stereocenters. The van der Waals surface area contributed by atoms with E-state index >= 15 is 0 Å². The van der Waals surface area contributed by atoms with Crippen LogP contribution >= 0.6 is 0 Å². The van der Waals surface area contributed by atoms with Crippen LogP contribution in [0.15, 0.2) is 41.3 Å². The maximum Gasteiger partial charge on any atom is 0.251 e. The van der Waals surface area contributed by atoms with Gasteiger partial charge in [-0.1, -0.05) is 18.2 Å². The number of hydrogen-bond acceptors (Lipinski definition) is 6. The van der Waals surface area contributed by atoms with E-state index in [4.69, 9.17) is 14.2 Å². The summed E-state index contributed by atoms with van der Waals surface area (Å²) >= 11 is 0. The molecule has 170 valence electrons. The lowest BCUT2D eigenvalue weighted by Crippen LogP contribution is -2.27. The summed E-state index contributed by atoms with van der Waals surface area (Å²) in [6, 6.07) is 9.76. The molecule has 0 aliphatic heterocycles. The third-order valence-electron chi connectivity index (χ3n) is 4.34. The second-order valence-corrected chi connectivity index (χ2v) is 8.80. The van der Waals surface area contributed by atoms with Crippen LogP contribution in [0, 0.1) is 0 Å². The van der Waals surface area contributed by atoms with E-state index in [1.165, 1.54) is 20.2 Å². The molecule has 8 nitrogen and oxygen atoms in total. The summed E-state index contributed by atoms with van der Waals surface area (Å²) in [6.07, 6.45) is 0. The molecule has 0 aliphatic rings. The average Bonchev–Trinajstić information content (AvgIpc) is 2.74. The van der Waals surface area contributed by atoms with Crippen LogP contribution < -0.4 is 19.5 Å². The van der Waals surface area contributed by atoms with Crippen molar-refractivity contribution in [3.05, 3.63) is 47.5 Å². The predicted octanol–water partition coefficient (Wildman–Crippen LogP) is 3.06. The Morgan fingerprint density at radius 3 is 2.00 bits per heavy atom. The lowest BCUT2D eigenvalue weighted by Gasteiger charge is -2.18. The maximum absolute atomic E-state index is 12.9. The number of benzene rings is 2. The Bertz CT molecular complexity index is 978. The Labute approximate surface area is 184 Å². The van der Waals surface area contributed by atoms with Crippen molar-refractivity contribution in [3.8, 4) is 17.2 Å². The largest absolute Gasteiger partial charge is 0.490 e. The van der Waals surface area contributed by atoms with Crippen LogP contribution in [-0.2, 0) is 16.6 Å². The molecule has 0 saturated heterocycles. The molecule has 1 N–H and O–H groups in total. The molecule has 2 aromatic carbocycles. The highest BCUT2D eigenvalue weighted by molar-refractivity contribution is 7.89. The zero-order valence-corrected chi connectivity index (χ0v) is 19.4. The fraction of sp³-hybridized carbons (Fsp3) is 0.409. The summed E-state index contributed by atoms with van der Waals surface area (Å²) < 4.78 is 43.2. The van der Waals surface area contributed by atoms with Crippen LogP contribution in [0.5, 0.6) is 17.2 Å². The lowest BCUT2D eigenvalue weighted by molar-refractivity contribution is 0.0949. The first-order valence-corrected chi connectivity index (χ1v) is 11.5. The van der Waals surface area contributed by atoms with Crippen LogP contribution in [0.1, 0.15) is 36.7 Å². The normalized spacial score (nSPS) is 11.3. The van der Waals surface area contributed by atoms with E-state index in [9.17, 15) is 13.2 Å². The molecule has 0 aromatic heterocycles. The van der Waals surface area contributed by atoms with E-state index in [1.54, 1.807) is 30.3 Å². The van der Waals surface area contributed by atoms with Crippen molar-refractivity contribution in [2.75, 3.05) is 33.9 Å². The monoisotopic (exact) mass is 450 g/mol. The topological polar surface area (TPSA) is 94.2 Å². The number of rotatable bonds is 11. The van der Waals surface area contributed by atoms with Gasteiger partial charge in [0.05, 0.1) is 24.7 Å². The molecule has 2 rings (SSSR count). The fourth-order valence-electron chi connectivity index (χ4n) is 2.90. The lowest BCUT2D eigenvalue weighted by atomic mass is 10.1. The molecule has 0 spiro atoms. The van der Waals surface area contributed by atoms with Gasteiger partial charge in [0.2, 0.25) is 15.8 Å². The van der Waals surface area contributed by atoms with E-state index in [0.717, 1.165) is 4.31 Å². The summed E-state index contributed by atoms with van der Waals surface area (Å²) in [7, 11) is -0.700. The second kappa shape index (κ2) is 11.0. The van der Waals surface area contributed by atoms with Gasteiger partial charge in [0, 0.05) is 26.2 Å². The molecular weight excluding hydrogens is 420 g/mol. The summed E-state index contributed by atoms with van der Waals surface area (Å²) in [6.45, 7) is 6.78. The SMILES string of the molecule is CCOc1cc(C(=O)NCc2ccccc2S(=O)(=O)N(C)C)cc(OCC)c1OCC.